The molecule has 0 radical (unpaired) electrons. The molecule has 0 saturated heterocycles. The molecule has 0 aliphatic rings. The Kier molecular flexibility index (Phi) is 6.63. The minimum atomic E-state index is -0.286. The molecule has 2 amide bonds. The maximum absolute atomic E-state index is 11.9. The molecule has 2 N–H and O–H groups in total. The van der Waals surface area contributed by atoms with E-state index in [4.69, 9.17) is 16.3 Å². The Labute approximate surface area is 146 Å². The van der Waals surface area contributed by atoms with E-state index in [1.54, 1.807) is 36.4 Å². The number of rotatable bonds is 7. The molecule has 0 bridgehead atoms. The zero-order valence-corrected chi connectivity index (χ0v) is 14.1. The Morgan fingerprint density at radius 1 is 1.00 bits per heavy atom. The van der Waals surface area contributed by atoms with Crippen molar-refractivity contribution in [2.75, 3.05) is 13.1 Å². The van der Waals surface area contributed by atoms with Crippen molar-refractivity contribution in [2.24, 2.45) is 0 Å². The highest BCUT2D eigenvalue weighted by atomic mass is 35.5. The van der Waals surface area contributed by atoms with Crippen molar-refractivity contribution >= 4 is 23.4 Å². The summed E-state index contributed by atoms with van der Waals surface area (Å²) in [4.78, 5) is 23.3. The van der Waals surface area contributed by atoms with E-state index in [9.17, 15) is 9.59 Å². The summed E-state index contributed by atoms with van der Waals surface area (Å²) in [6.07, 6.45) is 0. The van der Waals surface area contributed by atoms with Crippen molar-refractivity contribution in [2.45, 2.75) is 13.5 Å². The Morgan fingerprint density at radius 2 is 1.67 bits per heavy atom. The van der Waals surface area contributed by atoms with E-state index in [2.05, 4.69) is 10.6 Å². The highest BCUT2D eigenvalue weighted by Gasteiger charge is 2.07. The second-order valence-electron chi connectivity index (χ2n) is 5.08. The van der Waals surface area contributed by atoms with E-state index >= 15 is 0 Å². The third-order valence-electron chi connectivity index (χ3n) is 3.22. The summed E-state index contributed by atoms with van der Waals surface area (Å²) in [5.74, 6) is 0.230. The predicted octanol–water partition coefficient (Wildman–Crippen LogP) is 2.78. The van der Waals surface area contributed by atoms with Gasteiger partial charge in [0.05, 0.1) is 6.54 Å². The summed E-state index contributed by atoms with van der Waals surface area (Å²) >= 11 is 5.82. The fourth-order valence-corrected chi connectivity index (χ4v) is 2.10. The summed E-state index contributed by atoms with van der Waals surface area (Å²) in [6.45, 7) is 2.72. The van der Waals surface area contributed by atoms with Gasteiger partial charge >= 0.3 is 0 Å². The van der Waals surface area contributed by atoms with Crippen LogP contribution < -0.4 is 15.4 Å². The zero-order valence-electron chi connectivity index (χ0n) is 13.3. The highest BCUT2D eigenvalue weighted by molar-refractivity contribution is 6.30. The van der Waals surface area contributed by atoms with Crippen LogP contribution in [-0.4, -0.2) is 24.9 Å². The number of carbonyl (C=O) groups excluding carboxylic acids is 2. The topological polar surface area (TPSA) is 67.4 Å². The van der Waals surface area contributed by atoms with Crippen LogP contribution in [0.25, 0.3) is 0 Å². The first-order chi connectivity index (χ1) is 11.6. The molecule has 0 unspecified atom stereocenters. The molecule has 0 fully saturated rings. The lowest BCUT2D eigenvalue weighted by Crippen LogP contribution is -2.36. The normalized spacial score (nSPS) is 10.1. The standard InChI is InChI=1S/C18H19ClN2O3/c1-2-20-17(22)11-21-18(23)14-5-3-13(4-6-14)12-24-16-9-7-15(19)8-10-16/h3-10H,2,11-12H2,1H3,(H,20,22)(H,21,23). The smallest absolute Gasteiger partial charge is 0.251 e. The summed E-state index contributed by atoms with van der Waals surface area (Å²) in [5, 5.41) is 5.85. The molecule has 126 valence electrons. The molecule has 5 nitrogen and oxygen atoms in total. The van der Waals surface area contributed by atoms with Gasteiger partial charge in [-0.15, -0.1) is 0 Å². The van der Waals surface area contributed by atoms with Crippen molar-refractivity contribution in [1.29, 1.82) is 0 Å². The molecular weight excluding hydrogens is 328 g/mol. The molecule has 0 heterocycles. The van der Waals surface area contributed by atoms with Crippen LogP contribution in [0.5, 0.6) is 5.75 Å². The molecule has 2 aromatic rings. The second-order valence-corrected chi connectivity index (χ2v) is 5.51. The van der Waals surface area contributed by atoms with Crippen LogP contribution in [0.2, 0.25) is 5.02 Å². The van der Waals surface area contributed by atoms with Gasteiger partial charge in [-0.3, -0.25) is 9.59 Å². The van der Waals surface area contributed by atoms with Gasteiger partial charge in [0.25, 0.3) is 5.91 Å². The van der Waals surface area contributed by atoms with Crippen molar-refractivity contribution in [3.05, 3.63) is 64.7 Å². The van der Waals surface area contributed by atoms with E-state index in [1.807, 2.05) is 19.1 Å². The maximum Gasteiger partial charge on any atom is 0.251 e. The lowest BCUT2D eigenvalue weighted by atomic mass is 10.1. The highest BCUT2D eigenvalue weighted by Crippen LogP contribution is 2.17. The van der Waals surface area contributed by atoms with E-state index in [0.29, 0.717) is 23.7 Å². The van der Waals surface area contributed by atoms with E-state index in [0.717, 1.165) is 11.3 Å². The number of benzene rings is 2. The Morgan fingerprint density at radius 3 is 2.29 bits per heavy atom. The number of nitrogens with one attached hydrogen (secondary N) is 2. The Hall–Kier alpha value is -2.53. The number of ether oxygens (including phenoxy) is 1. The quantitative estimate of drug-likeness (QED) is 0.810. The Bertz CT molecular complexity index is 684. The maximum atomic E-state index is 11.9. The van der Waals surface area contributed by atoms with Crippen molar-refractivity contribution in [3.63, 3.8) is 0 Å². The van der Waals surface area contributed by atoms with Crippen LogP contribution in [0, 0.1) is 0 Å². The van der Waals surface area contributed by atoms with Crippen molar-refractivity contribution in [3.8, 4) is 5.75 Å². The summed E-state index contributed by atoms with van der Waals surface area (Å²) in [5.41, 5.74) is 1.43. The molecule has 0 saturated carbocycles. The van der Waals surface area contributed by atoms with Crippen LogP contribution in [0.15, 0.2) is 48.5 Å². The number of likely N-dealkylation sites (N-methyl/N-ethyl adjacent to an activating group) is 1. The molecule has 0 spiro atoms. The molecule has 24 heavy (non-hydrogen) atoms. The number of hydrogen-bond acceptors (Lipinski definition) is 3. The van der Waals surface area contributed by atoms with Gasteiger partial charge in [0.1, 0.15) is 12.4 Å². The van der Waals surface area contributed by atoms with Gasteiger partial charge in [-0.25, -0.2) is 0 Å². The number of halogens is 1. The van der Waals surface area contributed by atoms with Crippen LogP contribution in [-0.2, 0) is 11.4 Å². The van der Waals surface area contributed by atoms with Crippen LogP contribution in [0.4, 0.5) is 0 Å². The lowest BCUT2D eigenvalue weighted by Gasteiger charge is -2.08. The first-order valence-corrected chi connectivity index (χ1v) is 7.98. The lowest BCUT2D eigenvalue weighted by molar-refractivity contribution is -0.120. The summed E-state index contributed by atoms with van der Waals surface area (Å²) in [7, 11) is 0. The van der Waals surface area contributed by atoms with Gasteiger partial charge in [0.2, 0.25) is 5.91 Å². The van der Waals surface area contributed by atoms with Gasteiger partial charge in [-0.1, -0.05) is 23.7 Å². The SMILES string of the molecule is CCNC(=O)CNC(=O)c1ccc(COc2ccc(Cl)cc2)cc1. The molecular formula is C18H19ClN2O3. The third kappa shape index (κ3) is 5.59. The molecule has 0 aliphatic heterocycles. The average molecular weight is 347 g/mol. The fraction of sp³-hybridized carbons (Fsp3) is 0.222. The second kappa shape index (κ2) is 8.93. The van der Waals surface area contributed by atoms with Crippen LogP contribution in [0.3, 0.4) is 0 Å². The van der Waals surface area contributed by atoms with E-state index < -0.39 is 0 Å². The largest absolute Gasteiger partial charge is 0.489 e. The van der Waals surface area contributed by atoms with Gasteiger partial charge in [0.15, 0.2) is 0 Å². The average Bonchev–Trinajstić information content (AvgIpc) is 2.60. The summed E-state index contributed by atoms with van der Waals surface area (Å²) in [6, 6.07) is 14.2. The number of hydrogen-bond donors (Lipinski definition) is 2. The van der Waals surface area contributed by atoms with E-state index in [-0.39, 0.29) is 18.4 Å². The van der Waals surface area contributed by atoms with Crippen molar-refractivity contribution in [1.82, 2.24) is 10.6 Å². The fourth-order valence-electron chi connectivity index (χ4n) is 1.97. The van der Waals surface area contributed by atoms with Crippen LogP contribution >= 0.6 is 11.6 Å². The molecule has 0 atom stereocenters. The van der Waals surface area contributed by atoms with E-state index in [1.165, 1.54) is 0 Å². The zero-order chi connectivity index (χ0) is 17.4. The first-order valence-electron chi connectivity index (χ1n) is 7.60. The Balaban J connectivity index is 1.84. The minimum Gasteiger partial charge on any atom is -0.489 e. The van der Waals surface area contributed by atoms with Crippen LogP contribution in [0.1, 0.15) is 22.8 Å². The van der Waals surface area contributed by atoms with Gasteiger partial charge in [0, 0.05) is 17.1 Å². The van der Waals surface area contributed by atoms with Gasteiger partial charge < -0.3 is 15.4 Å². The third-order valence-corrected chi connectivity index (χ3v) is 3.47. The summed E-state index contributed by atoms with van der Waals surface area (Å²) < 4.78 is 5.64. The monoisotopic (exact) mass is 346 g/mol. The van der Waals surface area contributed by atoms with Gasteiger partial charge in [-0.05, 0) is 48.9 Å². The molecule has 6 heteroatoms. The molecule has 2 aromatic carbocycles. The first kappa shape index (κ1) is 17.8. The van der Waals surface area contributed by atoms with Gasteiger partial charge in [-0.2, -0.15) is 0 Å². The minimum absolute atomic E-state index is 0.0336. The predicted molar refractivity (Wildman–Crippen MR) is 93.2 cm³/mol. The molecule has 2 rings (SSSR count). The number of amides is 2. The van der Waals surface area contributed by atoms with Crippen molar-refractivity contribution < 1.29 is 14.3 Å². The molecule has 0 aliphatic carbocycles. The molecule has 0 aromatic heterocycles. The number of carbonyl (C=O) groups is 2.